The average Bonchev–Trinajstić information content (AvgIpc) is 3.20. The van der Waals surface area contributed by atoms with Crippen LogP contribution in [0.5, 0.6) is 0 Å². The van der Waals surface area contributed by atoms with Crippen molar-refractivity contribution < 1.29 is 24.0 Å². The third-order valence-electron chi connectivity index (χ3n) is 5.94. The quantitative estimate of drug-likeness (QED) is 0.407. The van der Waals surface area contributed by atoms with Crippen LogP contribution in [0.1, 0.15) is 36.1 Å². The number of carbonyl (C=O) groups is 2. The molecule has 1 atom stereocenters. The van der Waals surface area contributed by atoms with Gasteiger partial charge < -0.3 is 14.4 Å². The lowest BCUT2D eigenvalue weighted by Gasteiger charge is -2.18. The van der Waals surface area contributed by atoms with Gasteiger partial charge in [0.15, 0.2) is 5.76 Å². The molecule has 0 bridgehead atoms. The fourth-order valence-electron chi connectivity index (χ4n) is 3.97. The number of carboxylic acid groups (broad SMARTS) is 1. The molecule has 0 spiro atoms. The Morgan fingerprint density at radius 1 is 1.18 bits per heavy atom. The summed E-state index contributed by atoms with van der Waals surface area (Å²) in [7, 11) is 0. The summed E-state index contributed by atoms with van der Waals surface area (Å²) in [5, 5.41) is 16.6. The Morgan fingerprint density at radius 3 is 2.59 bits per heavy atom. The van der Waals surface area contributed by atoms with Gasteiger partial charge in [-0.15, -0.1) is 0 Å². The molecule has 0 aliphatic heterocycles. The van der Waals surface area contributed by atoms with Crippen molar-refractivity contribution >= 4 is 34.9 Å². The van der Waals surface area contributed by atoms with Crippen molar-refractivity contribution in [2.75, 3.05) is 11.9 Å². The van der Waals surface area contributed by atoms with Gasteiger partial charge in [-0.3, -0.25) is 10.1 Å². The number of nitrogens with zero attached hydrogens (tertiary/aromatic N) is 1. The molecule has 1 aromatic heterocycles. The molecular weight excluding hydrogens is 456 g/mol. The van der Waals surface area contributed by atoms with E-state index in [1.165, 1.54) is 0 Å². The van der Waals surface area contributed by atoms with Gasteiger partial charge in [-0.2, -0.15) is 0 Å². The van der Waals surface area contributed by atoms with Gasteiger partial charge in [0, 0.05) is 17.0 Å². The summed E-state index contributed by atoms with van der Waals surface area (Å²) in [6.07, 6.45) is 3.82. The van der Waals surface area contributed by atoms with Crippen LogP contribution in [-0.2, 0) is 16.0 Å². The minimum atomic E-state index is -0.741. The number of halogens is 1. The second kappa shape index (κ2) is 10.6. The van der Waals surface area contributed by atoms with Crippen molar-refractivity contribution in [1.29, 1.82) is 0 Å². The summed E-state index contributed by atoms with van der Waals surface area (Å²) in [6, 6.07) is 15.2. The van der Waals surface area contributed by atoms with Crippen molar-refractivity contribution in [3.8, 4) is 11.3 Å². The fourth-order valence-corrected chi connectivity index (χ4v) is 4.20. The summed E-state index contributed by atoms with van der Waals surface area (Å²) in [5.41, 5.74) is 4.84. The highest BCUT2D eigenvalue weighted by atomic mass is 35.5. The van der Waals surface area contributed by atoms with Gasteiger partial charge >= 0.3 is 12.1 Å². The molecule has 0 saturated carbocycles. The molecule has 2 N–H and O–H groups in total. The maximum Gasteiger partial charge on any atom is 0.411 e. The normalized spacial score (nSPS) is 15.5. The van der Waals surface area contributed by atoms with Crippen LogP contribution in [-0.4, -0.2) is 28.9 Å². The molecule has 4 rings (SSSR count). The maximum absolute atomic E-state index is 12.4. The van der Waals surface area contributed by atoms with Gasteiger partial charge in [0.25, 0.3) is 0 Å². The van der Waals surface area contributed by atoms with Crippen LogP contribution < -0.4 is 5.32 Å². The van der Waals surface area contributed by atoms with E-state index in [9.17, 15) is 9.59 Å². The number of allylic oxidation sites excluding steroid dienone is 2. The standard InChI is InChI=1S/C26H25ClN2O5/c1-16-23(28-26(32)33-15-14-19-4-2-3-5-22(19)27)24(29-34-16)20-10-6-17(7-11-20)18-8-12-21(13-9-18)25(30)31/h2-8,10-11,21H,9,12-15H2,1H3,(H,28,32)(H,30,31). The van der Waals surface area contributed by atoms with E-state index < -0.39 is 12.1 Å². The number of rotatable bonds is 7. The number of aliphatic carboxylic acids is 1. The van der Waals surface area contributed by atoms with Crippen molar-refractivity contribution in [2.45, 2.75) is 32.6 Å². The van der Waals surface area contributed by atoms with Crippen molar-refractivity contribution in [1.82, 2.24) is 5.16 Å². The van der Waals surface area contributed by atoms with Gasteiger partial charge in [0.1, 0.15) is 11.4 Å². The molecule has 1 unspecified atom stereocenters. The van der Waals surface area contributed by atoms with E-state index in [0.717, 1.165) is 28.7 Å². The third kappa shape index (κ3) is 5.48. The first-order valence-corrected chi connectivity index (χ1v) is 11.5. The topological polar surface area (TPSA) is 102 Å². The summed E-state index contributed by atoms with van der Waals surface area (Å²) < 4.78 is 10.6. The zero-order chi connectivity index (χ0) is 24.1. The number of aryl methyl sites for hydroxylation is 1. The lowest BCUT2D eigenvalue weighted by molar-refractivity contribution is -0.141. The van der Waals surface area contributed by atoms with E-state index in [1.54, 1.807) is 13.0 Å². The zero-order valence-electron chi connectivity index (χ0n) is 18.7. The summed E-state index contributed by atoms with van der Waals surface area (Å²) in [6.45, 7) is 1.90. The molecule has 1 heterocycles. The largest absolute Gasteiger partial charge is 0.481 e. The summed E-state index contributed by atoms with van der Waals surface area (Å²) in [5.74, 6) is -0.578. The van der Waals surface area contributed by atoms with Crippen LogP contribution in [0.25, 0.3) is 16.8 Å². The number of carboxylic acids is 1. The first kappa shape index (κ1) is 23.6. The van der Waals surface area contributed by atoms with Crippen LogP contribution in [0.3, 0.4) is 0 Å². The molecule has 8 heteroatoms. The van der Waals surface area contributed by atoms with Crippen LogP contribution in [0.4, 0.5) is 10.5 Å². The predicted octanol–water partition coefficient (Wildman–Crippen LogP) is 6.36. The second-order valence-electron chi connectivity index (χ2n) is 8.18. The highest BCUT2D eigenvalue weighted by Gasteiger charge is 2.22. The Bertz CT molecular complexity index is 1220. The number of nitrogens with one attached hydrogen (secondary N) is 1. The molecule has 0 radical (unpaired) electrons. The highest BCUT2D eigenvalue weighted by molar-refractivity contribution is 6.31. The lowest BCUT2D eigenvalue weighted by Crippen LogP contribution is -2.16. The summed E-state index contributed by atoms with van der Waals surface area (Å²) >= 11 is 6.14. The number of anilines is 1. The van der Waals surface area contributed by atoms with Gasteiger partial charge in [-0.1, -0.05) is 65.3 Å². The monoisotopic (exact) mass is 480 g/mol. The number of aromatic nitrogens is 1. The van der Waals surface area contributed by atoms with Gasteiger partial charge in [-0.25, -0.2) is 4.79 Å². The van der Waals surface area contributed by atoms with E-state index in [2.05, 4.69) is 10.5 Å². The van der Waals surface area contributed by atoms with Crippen LogP contribution in [0, 0.1) is 12.8 Å². The minimum Gasteiger partial charge on any atom is -0.481 e. The Hall–Kier alpha value is -3.58. The molecule has 1 aliphatic carbocycles. The van der Waals surface area contributed by atoms with E-state index in [4.69, 9.17) is 26.0 Å². The van der Waals surface area contributed by atoms with Crippen LogP contribution in [0.2, 0.25) is 5.02 Å². The number of amides is 1. The average molecular weight is 481 g/mol. The Labute approximate surface area is 202 Å². The van der Waals surface area contributed by atoms with E-state index in [1.807, 2.05) is 48.5 Å². The number of benzene rings is 2. The molecule has 2 aromatic carbocycles. The molecule has 3 aromatic rings. The molecular formula is C26H25ClN2O5. The van der Waals surface area contributed by atoms with Crippen molar-refractivity contribution in [2.24, 2.45) is 5.92 Å². The van der Waals surface area contributed by atoms with E-state index >= 15 is 0 Å². The Balaban J connectivity index is 1.40. The Morgan fingerprint density at radius 2 is 1.91 bits per heavy atom. The molecule has 1 aliphatic rings. The molecule has 0 fully saturated rings. The van der Waals surface area contributed by atoms with Gasteiger partial charge in [-0.05, 0) is 49.0 Å². The summed E-state index contributed by atoms with van der Waals surface area (Å²) in [4.78, 5) is 23.5. The minimum absolute atomic E-state index is 0.182. The Kier molecular flexibility index (Phi) is 7.33. The van der Waals surface area contributed by atoms with Crippen LogP contribution >= 0.6 is 11.6 Å². The molecule has 176 valence electrons. The smallest absolute Gasteiger partial charge is 0.411 e. The maximum atomic E-state index is 12.4. The van der Waals surface area contributed by atoms with Crippen LogP contribution in [0.15, 0.2) is 59.1 Å². The number of hydrogen-bond acceptors (Lipinski definition) is 5. The van der Waals surface area contributed by atoms with Crippen molar-refractivity contribution in [3.63, 3.8) is 0 Å². The van der Waals surface area contributed by atoms with Gasteiger partial charge in [0.2, 0.25) is 0 Å². The zero-order valence-corrected chi connectivity index (χ0v) is 19.5. The van der Waals surface area contributed by atoms with E-state index in [0.29, 0.717) is 41.4 Å². The molecule has 34 heavy (non-hydrogen) atoms. The number of ether oxygens (including phenoxy) is 1. The second-order valence-corrected chi connectivity index (χ2v) is 8.59. The predicted molar refractivity (Wildman–Crippen MR) is 130 cm³/mol. The molecule has 1 amide bonds. The lowest BCUT2D eigenvalue weighted by atomic mass is 9.86. The third-order valence-corrected chi connectivity index (χ3v) is 6.31. The van der Waals surface area contributed by atoms with E-state index in [-0.39, 0.29) is 12.5 Å². The fraction of sp³-hybridized carbons (Fsp3) is 0.269. The highest BCUT2D eigenvalue weighted by Crippen LogP contribution is 2.34. The molecule has 0 saturated heterocycles. The van der Waals surface area contributed by atoms with Crippen molar-refractivity contribution in [3.05, 3.63) is 76.5 Å². The SMILES string of the molecule is Cc1onc(-c2ccc(C3=CCC(C(=O)O)CC3)cc2)c1NC(=O)OCCc1ccccc1Cl. The first-order chi connectivity index (χ1) is 16.4. The van der Waals surface area contributed by atoms with Gasteiger partial charge in [0.05, 0.1) is 12.5 Å². The number of carbonyl (C=O) groups excluding carboxylic acids is 1. The first-order valence-electron chi connectivity index (χ1n) is 11.1. The number of hydrogen-bond donors (Lipinski definition) is 2. The molecule has 7 nitrogen and oxygen atoms in total.